The van der Waals surface area contributed by atoms with Crippen molar-refractivity contribution in [1.29, 1.82) is 0 Å². The zero-order valence-corrected chi connectivity index (χ0v) is 15.9. The van der Waals surface area contributed by atoms with Gasteiger partial charge in [0.15, 0.2) is 5.82 Å². The van der Waals surface area contributed by atoms with Crippen LogP contribution in [0.25, 0.3) is 16.5 Å². The van der Waals surface area contributed by atoms with E-state index in [1.807, 2.05) is 0 Å². The fraction of sp³-hybridized carbons (Fsp3) is 0.429. The molecule has 1 aliphatic heterocycles. The van der Waals surface area contributed by atoms with Crippen LogP contribution in [0.2, 0.25) is 0 Å². The monoisotopic (exact) mass is 350 g/mol. The molecule has 0 radical (unpaired) electrons. The molecular weight excluding hydrogens is 324 g/mol. The molecular formula is C21H26N4O. The van der Waals surface area contributed by atoms with Gasteiger partial charge in [-0.3, -0.25) is 4.90 Å². The first-order chi connectivity index (χ1) is 12.4. The third-order valence-electron chi connectivity index (χ3n) is 5.19. The second kappa shape index (κ2) is 6.40. The van der Waals surface area contributed by atoms with Gasteiger partial charge in [0.25, 0.3) is 0 Å². The lowest BCUT2D eigenvalue weighted by Gasteiger charge is -2.29. The first kappa shape index (κ1) is 17.0. The lowest BCUT2D eigenvalue weighted by atomic mass is 9.96. The van der Waals surface area contributed by atoms with Crippen LogP contribution in [0.15, 0.2) is 41.1 Å². The highest BCUT2D eigenvalue weighted by Gasteiger charge is 2.27. The maximum Gasteiger partial charge on any atom is 0.243 e. The Morgan fingerprint density at radius 1 is 1.23 bits per heavy atom. The Kier molecular flexibility index (Phi) is 4.19. The molecule has 5 heteroatoms. The number of nitrogens with zero attached hydrogens (tertiary/aromatic N) is 3. The topological polar surface area (TPSA) is 58.0 Å². The van der Waals surface area contributed by atoms with Crippen LogP contribution < -0.4 is 0 Å². The van der Waals surface area contributed by atoms with E-state index in [0.717, 1.165) is 25.3 Å². The minimum atomic E-state index is -0.0915. The minimum absolute atomic E-state index is 0.0915. The Hall–Kier alpha value is -2.40. The molecule has 0 aliphatic carbocycles. The van der Waals surface area contributed by atoms with E-state index in [2.05, 4.69) is 84.3 Å². The number of aromatic amines is 1. The predicted molar refractivity (Wildman–Crippen MR) is 104 cm³/mol. The average Bonchev–Trinajstić information content (AvgIpc) is 3.28. The maximum absolute atomic E-state index is 5.53. The SMILES string of the molecule is C[C@@H](c1nc(C(C)(C)C)no1)N1CC=C(c2c[nH]c3ccccc23)CC1. The molecule has 3 heterocycles. The third kappa shape index (κ3) is 3.07. The van der Waals surface area contributed by atoms with E-state index in [4.69, 9.17) is 4.52 Å². The van der Waals surface area contributed by atoms with Gasteiger partial charge in [-0.05, 0) is 25.0 Å². The molecule has 136 valence electrons. The van der Waals surface area contributed by atoms with Crippen molar-refractivity contribution in [2.75, 3.05) is 13.1 Å². The number of hydrogen-bond acceptors (Lipinski definition) is 4. The molecule has 0 unspecified atom stereocenters. The second-order valence-electron chi connectivity index (χ2n) is 8.10. The summed E-state index contributed by atoms with van der Waals surface area (Å²) in [5.74, 6) is 1.48. The summed E-state index contributed by atoms with van der Waals surface area (Å²) in [5.41, 5.74) is 3.83. The van der Waals surface area contributed by atoms with Crippen LogP contribution >= 0.6 is 0 Å². The van der Waals surface area contributed by atoms with E-state index in [1.54, 1.807) is 0 Å². The van der Waals surface area contributed by atoms with Crippen molar-refractivity contribution in [3.63, 3.8) is 0 Å². The molecule has 4 rings (SSSR count). The lowest BCUT2D eigenvalue weighted by molar-refractivity contribution is 0.189. The Bertz CT molecular complexity index is 944. The van der Waals surface area contributed by atoms with Crippen LogP contribution in [0.1, 0.15) is 57.4 Å². The summed E-state index contributed by atoms with van der Waals surface area (Å²) >= 11 is 0. The molecule has 3 aromatic rings. The van der Waals surface area contributed by atoms with Gasteiger partial charge in [-0.15, -0.1) is 0 Å². The Morgan fingerprint density at radius 3 is 2.73 bits per heavy atom. The van der Waals surface area contributed by atoms with Gasteiger partial charge in [0.1, 0.15) is 0 Å². The van der Waals surface area contributed by atoms with Gasteiger partial charge in [-0.25, -0.2) is 0 Å². The molecule has 0 bridgehead atoms. The Morgan fingerprint density at radius 2 is 2.04 bits per heavy atom. The molecule has 26 heavy (non-hydrogen) atoms. The summed E-state index contributed by atoms with van der Waals surface area (Å²) in [6.07, 6.45) is 5.48. The van der Waals surface area contributed by atoms with E-state index in [9.17, 15) is 0 Å². The molecule has 1 atom stereocenters. The molecule has 0 amide bonds. The number of rotatable bonds is 3. The van der Waals surface area contributed by atoms with Gasteiger partial charge >= 0.3 is 0 Å². The standard InChI is InChI=1S/C21H26N4O/c1-14(19-23-20(24-26-19)21(2,3)4)25-11-9-15(10-12-25)17-13-22-18-8-6-5-7-16(17)18/h5-9,13-14,22H,10-12H2,1-4H3/t14-/m0/s1. The number of hydrogen-bond donors (Lipinski definition) is 1. The smallest absolute Gasteiger partial charge is 0.243 e. The van der Waals surface area contributed by atoms with Gasteiger partial charge in [-0.1, -0.05) is 50.2 Å². The minimum Gasteiger partial charge on any atom is -0.361 e. The number of fused-ring (bicyclic) bond motifs is 1. The van der Waals surface area contributed by atoms with E-state index in [1.165, 1.54) is 22.0 Å². The number of H-pyrrole nitrogens is 1. The first-order valence-electron chi connectivity index (χ1n) is 9.27. The average molecular weight is 350 g/mol. The summed E-state index contributed by atoms with van der Waals surface area (Å²) in [5, 5.41) is 5.46. The normalized spacial score (nSPS) is 17.5. The molecule has 0 saturated carbocycles. The van der Waals surface area contributed by atoms with Crippen molar-refractivity contribution in [2.45, 2.75) is 45.6 Å². The van der Waals surface area contributed by atoms with E-state index in [0.29, 0.717) is 5.89 Å². The molecule has 1 N–H and O–H groups in total. The van der Waals surface area contributed by atoms with Gasteiger partial charge in [0.05, 0.1) is 6.04 Å². The Balaban J connectivity index is 1.51. The molecule has 1 aromatic carbocycles. The first-order valence-corrected chi connectivity index (χ1v) is 9.27. The summed E-state index contributed by atoms with van der Waals surface area (Å²) in [6.45, 7) is 10.3. The molecule has 2 aromatic heterocycles. The number of benzene rings is 1. The largest absolute Gasteiger partial charge is 0.361 e. The molecule has 0 spiro atoms. The highest BCUT2D eigenvalue weighted by atomic mass is 16.5. The summed E-state index contributed by atoms with van der Waals surface area (Å²) in [4.78, 5) is 10.4. The van der Waals surface area contributed by atoms with Gasteiger partial charge in [0.2, 0.25) is 5.89 Å². The number of nitrogens with one attached hydrogen (secondary N) is 1. The van der Waals surface area contributed by atoms with E-state index < -0.39 is 0 Å². The predicted octanol–water partition coefficient (Wildman–Crippen LogP) is 4.70. The van der Waals surface area contributed by atoms with Crippen LogP contribution in [0.4, 0.5) is 0 Å². The highest BCUT2D eigenvalue weighted by Crippen LogP contribution is 2.32. The molecule has 5 nitrogen and oxygen atoms in total. The van der Waals surface area contributed by atoms with Crippen molar-refractivity contribution >= 4 is 16.5 Å². The lowest BCUT2D eigenvalue weighted by Crippen LogP contribution is -2.31. The number of aromatic nitrogens is 3. The van der Waals surface area contributed by atoms with Crippen LogP contribution in [0.3, 0.4) is 0 Å². The van der Waals surface area contributed by atoms with Crippen LogP contribution in [-0.2, 0) is 5.41 Å². The van der Waals surface area contributed by atoms with Crippen molar-refractivity contribution in [2.24, 2.45) is 0 Å². The van der Waals surface area contributed by atoms with Crippen LogP contribution in [-0.4, -0.2) is 33.1 Å². The van der Waals surface area contributed by atoms with E-state index in [-0.39, 0.29) is 11.5 Å². The van der Waals surface area contributed by atoms with Crippen LogP contribution in [0.5, 0.6) is 0 Å². The second-order valence-corrected chi connectivity index (χ2v) is 8.10. The molecule has 0 fully saturated rings. The zero-order valence-electron chi connectivity index (χ0n) is 15.9. The highest BCUT2D eigenvalue weighted by molar-refractivity contribution is 5.92. The van der Waals surface area contributed by atoms with Crippen molar-refractivity contribution in [3.8, 4) is 0 Å². The van der Waals surface area contributed by atoms with Crippen molar-refractivity contribution in [3.05, 3.63) is 53.8 Å². The van der Waals surface area contributed by atoms with Crippen molar-refractivity contribution in [1.82, 2.24) is 20.0 Å². The van der Waals surface area contributed by atoms with Crippen LogP contribution in [0, 0.1) is 0 Å². The molecule has 0 saturated heterocycles. The summed E-state index contributed by atoms with van der Waals surface area (Å²) in [7, 11) is 0. The van der Waals surface area contributed by atoms with Gasteiger partial charge in [-0.2, -0.15) is 4.98 Å². The van der Waals surface area contributed by atoms with Gasteiger partial charge in [0, 0.05) is 41.2 Å². The summed E-state index contributed by atoms with van der Waals surface area (Å²) < 4.78 is 5.53. The number of para-hydroxylation sites is 1. The fourth-order valence-electron chi connectivity index (χ4n) is 3.48. The maximum atomic E-state index is 5.53. The van der Waals surface area contributed by atoms with Crippen molar-refractivity contribution < 1.29 is 4.52 Å². The summed E-state index contributed by atoms with van der Waals surface area (Å²) in [6, 6.07) is 8.60. The zero-order chi connectivity index (χ0) is 18.3. The van der Waals surface area contributed by atoms with E-state index >= 15 is 0 Å². The fourth-order valence-corrected chi connectivity index (χ4v) is 3.48. The Labute approximate surface area is 154 Å². The quantitative estimate of drug-likeness (QED) is 0.744. The molecule has 1 aliphatic rings. The van der Waals surface area contributed by atoms with Gasteiger partial charge < -0.3 is 9.51 Å². The third-order valence-corrected chi connectivity index (χ3v) is 5.19.